The molecule has 3 nitrogen and oxygen atoms in total. The van der Waals surface area contributed by atoms with Gasteiger partial charge < -0.3 is 4.74 Å². The van der Waals surface area contributed by atoms with E-state index < -0.39 is 6.10 Å². The lowest BCUT2D eigenvalue weighted by Crippen LogP contribution is -2.19. The minimum Gasteiger partial charge on any atom is -0.454 e. The second-order valence-electron chi connectivity index (χ2n) is 6.27. The average molecular weight is 296 g/mol. The highest BCUT2D eigenvalue weighted by Crippen LogP contribution is 2.18. The van der Waals surface area contributed by atoms with Gasteiger partial charge in [-0.05, 0) is 6.42 Å². The minimum atomic E-state index is -0.430. The molecule has 0 radical (unpaired) electrons. The minimum absolute atomic E-state index is 0.122. The summed E-state index contributed by atoms with van der Waals surface area (Å²) in [6.07, 6.45) is 15.3. The maximum atomic E-state index is 11.8. The van der Waals surface area contributed by atoms with Gasteiger partial charge in [-0.3, -0.25) is 9.59 Å². The van der Waals surface area contributed by atoms with Crippen molar-refractivity contribution in [3.05, 3.63) is 0 Å². The summed E-state index contributed by atoms with van der Waals surface area (Å²) in [4.78, 5) is 22.7. The fourth-order valence-corrected chi connectivity index (χ4v) is 2.88. The number of carbonyl (C=O) groups is 2. The highest BCUT2D eigenvalue weighted by molar-refractivity contribution is 5.87. The number of unbranched alkanes of at least 4 members (excludes halogenated alkanes) is 10. The third-order valence-corrected chi connectivity index (χ3v) is 4.27. The smallest absolute Gasteiger partial charge is 0.306 e. The molecule has 0 amide bonds. The molecule has 0 N–H and O–H groups in total. The van der Waals surface area contributed by atoms with Gasteiger partial charge in [0.05, 0.1) is 0 Å². The molecule has 1 aliphatic rings. The lowest BCUT2D eigenvalue weighted by atomic mass is 10.0. The van der Waals surface area contributed by atoms with Gasteiger partial charge in [-0.15, -0.1) is 0 Å². The largest absolute Gasteiger partial charge is 0.454 e. The van der Waals surface area contributed by atoms with Crippen LogP contribution < -0.4 is 0 Å². The van der Waals surface area contributed by atoms with Gasteiger partial charge in [0.1, 0.15) is 0 Å². The molecule has 21 heavy (non-hydrogen) atoms. The van der Waals surface area contributed by atoms with Crippen molar-refractivity contribution in [2.45, 2.75) is 103 Å². The van der Waals surface area contributed by atoms with Gasteiger partial charge in [0.25, 0.3) is 0 Å². The van der Waals surface area contributed by atoms with Gasteiger partial charge in [-0.25, -0.2) is 0 Å². The summed E-state index contributed by atoms with van der Waals surface area (Å²) >= 11 is 0. The summed E-state index contributed by atoms with van der Waals surface area (Å²) in [5.41, 5.74) is 0. The summed E-state index contributed by atoms with van der Waals surface area (Å²) in [5, 5.41) is 0. The van der Waals surface area contributed by atoms with Crippen molar-refractivity contribution >= 4 is 11.8 Å². The molecule has 1 fully saturated rings. The van der Waals surface area contributed by atoms with Crippen LogP contribution >= 0.6 is 0 Å². The van der Waals surface area contributed by atoms with Crippen LogP contribution in [0.25, 0.3) is 0 Å². The van der Waals surface area contributed by atoms with E-state index in [-0.39, 0.29) is 11.8 Å². The Labute approximate surface area is 129 Å². The van der Waals surface area contributed by atoms with Crippen molar-refractivity contribution in [3.8, 4) is 0 Å². The van der Waals surface area contributed by atoms with Crippen LogP contribution in [0.4, 0.5) is 0 Å². The first kappa shape index (κ1) is 18.2. The predicted molar refractivity (Wildman–Crippen MR) is 85.2 cm³/mol. The lowest BCUT2D eigenvalue weighted by molar-refractivity contribution is -0.147. The Morgan fingerprint density at radius 3 is 1.95 bits per heavy atom. The van der Waals surface area contributed by atoms with E-state index in [1.54, 1.807) is 0 Å². The molecule has 0 aromatic carbocycles. The molecule has 1 rings (SSSR count). The molecule has 1 unspecified atom stereocenters. The second kappa shape index (κ2) is 11.8. The van der Waals surface area contributed by atoms with Crippen molar-refractivity contribution in [2.24, 2.45) is 0 Å². The normalized spacial score (nSPS) is 18.0. The van der Waals surface area contributed by atoms with Gasteiger partial charge in [0.2, 0.25) is 0 Å². The molecular formula is C18H32O3. The van der Waals surface area contributed by atoms with Crippen LogP contribution in [0.15, 0.2) is 0 Å². The number of hydrogen-bond donors (Lipinski definition) is 0. The Kier molecular flexibility index (Phi) is 10.2. The zero-order valence-corrected chi connectivity index (χ0v) is 13.7. The molecular weight excluding hydrogens is 264 g/mol. The molecule has 0 saturated carbocycles. The van der Waals surface area contributed by atoms with Crippen molar-refractivity contribution in [1.29, 1.82) is 0 Å². The number of carbonyl (C=O) groups excluding carboxylic acids is 2. The lowest BCUT2D eigenvalue weighted by Gasteiger charge is -2.07. The quantitative estimate of drug-likeness (QED) is 0.356. The summed E-state index contributed by atoms with van der Waals surface area (Å²) < 4.78 is 4.99. The zero-order valence-electron chi connectivity index (χ0n) is 13.7. The molecule has 0 aromatic rings. The van der Waals surface area contributed by atoms with Crippen LogP contribution in [0.5, 0.6) is 0 Å². The average Bonchev–Trinajstić information content (AvgIpc) is 2.91. The maximum Gasteiger partial charge on any atom is 0.306 e. The van der Waals surface area contributed by atoms with Crippen LogP contribution in [-0.2, 0) is 14.3 Å². The molecule has 1 aliphatic heterocycles. The van der Waals surface area contributed by atoms with E-state index in [4.69, 9.17) is 4.74 Å². The Hall–Kier alpha value is -0.860. The monoisotopic (exact) mass is 296 g/mol. The fourth-order valence-electron chi connectivity index (χ4n) is 2.88. The molecule has 0 aromatic heterocycles. The van der Waals surface area contributed by atoms with Crippen molar-refractivity contribution in [1.82, 2.24) is 0 Å². The van der Waals surface area contributed by atoms with Crippen molar-refractivity contribution < 1.29 is 14.3 Å². The number of esters is 1. The standard InChI is InChI=1S/C18H32O3/c1-2-3-4-5-6-7-8-9-10-11-12-13-16(19)17-14-15-18(20)21-17/h17H,2-15H2,1H3. The zero-order chi connectivity index (χ0) is 15.3. The Morgan fingerprint density at radius 2 is 1.48 bits per heavy atom. The third kappa shape index (κ3) is 8.90. The summed E-state index contributed by atoms with van der Waals surface area (Å²) in [6, 6.07) is 0. The van der Waals surface area contributed by atoms with Crippen LogP contribution in [0.3, 0.4) is 0 Å². The fraction of sp³-hybridized carbons (Fsp3) is 0.889. The van der Waals surface area contributed by atoms with E-state index in [9.17, 15) is 9.59 Å². The van der Waals surface area contributed by atoms with E-state index >= 15 is 0 Å². The second-order valence-corrected chi connectivity index (χ2v) is 6.27. The van der Waals surface area contributed by atoms with E-state index in [0.29, 0.717) is 19.3 Å². The van der Waals surface area contributed by atoms with Crippen LogP contribution in [0.2, 0.25) is 0 Å². The number of rotatable bonds is 13. The van der Waals surface area contributed by atoms with Crippen LogP contribution in [0, 0.1) is 0 Å². The van der Waals surface area contributed by atoms with Gasteiger partial charge in [-0.1, -0.05) is 71.1 Å². The van der Waals surface area contributed by atoms with E-state index in [1.165, 1.54) is 57.8 Å². The van der Waals surface area contributed by atoms with Crippen LogP contribution in [0.1, 0.15) is 96.8 Å². The van der Waals surface area contributed by atoms with Gasteiger partial charge >= 0.3 is 5.97 Å². The van der Waals surface area contributed by atoms with Crippen LogP contribution in [-0.4, -0.2) is 17.9 Å². The topological polar surface area (TPSA) is 43.4 Å². The Balaban J connectivity index is 1.82. The summed E-state index contributed by atoms with van der Waals surface area (Å²) in [6.45, 7) is 2.25. The molecule has 3 heteroatoms. The number of Topliss-reactive ketones (excluding diaryl/α,β-unsaturated/α-hetero) is 1. The number of cyclic esters (lactones) is 1. The number of ether oxygens (including phenoxy) is 1. The predicted octanol–water partition coefficient (Wildman–Crippen LogP) is 4.96. The number of ketones is 1. The van der Waals surface area contributed by atoms with Gasteiger partial charge in [-0.2, -0.15) is 0 Å². The van der Waals surface area contributed by atoms with Gasteiger partial charge in [0.15, 0.2) is 11.9 Å². The van der Waals surface area contributed by atoms with E-state index in [0.717, 1.165) is 12.8 Å². The molecule has 122 valence electrons. The third-order valence-electron chi connectivity index (χ3n) is 4.27. The SMILES string of the molecule is CCCCCCCCCCCCCC(=O)C1CCC(=O)O1. The maximum absolute atomic E-state index is 11.8. The Morgan fingerprint density at radius 1 is 0.952 bits per heavy atom. The van der Waals surface area contributed by atoms with Gasteiger partial charge in [0, 0.05) is 19.3 Å². The summed E-state index contributed by atoms with van der Waals surface area (Å²) in [7, 11) is 0. The summed E-state index contributed by atoms with van der Waals surface area (Å²) in [5.74, 6) is -0.0935. The Bertz CT molecular complexity index is 299. The molecule has 1 heterocycles. The molecule has 0 spiro atoms. The van der Waals surface area contributed by atoms with E-state index in [1.807, 2.05) is 0 Å². The highest BCUT2D eigenvalue weighted by atomic mass is 16.6. The van der Waals surface area contributed by atoms with Crippen molar-refractivity contribution in [2.75, 3.05) is 0 Å². The molecule has 1 atom stereocenters. The molecule has 0 bridgehead atoms. The van der Waals surface area contributed by atoms with E-state index in [2.05, 4.69) is 6.92 Å². The first-order valence-corrected chi connectivity index (χ1v) is 8.96. The first-order valence-electron chi connectivity index (χ1n) is 8.96. The first-order chi connectivity index (χ1) is 10.2. The molecule has 1 saturated heterocycles. The molecule has 0 aliphatic carbocycles. The van der Waals surface area contributed by atoms with Crippen molar-refractivity contribution in [3.63, 3.8) is 0 Å². The highest BCUT2D eigenvalue weighted by Gasteiger charge is 2.28. The number of hydrogen-bond acceptors (Lipinski definition) is 3.